The molecule has 26 heavy (non-hydrogen) atoms. The minimum absolute atomic E-state index is 0.900. The summed E-state index contributed by atoms with van der Waals surface area (Å²) in [7, 11) is 2.11. The van der Waals surface area contributed by atoms with E-state index in [9.17, 15) is 0 Å². The number of fused-ring (bicyclic) bond motifs is 3. The van der Waals surface area contributed by atoms with Crippen LogP contribution in [0.2, 0.25) is 0 Å². The summed E-state index contributed by atoms with van der Waals surface area (Å²) in [5, 5.41) is 0. The second kappa shape index (κ2) is 5.67. The summed E-state index contributed by atoms with van der Waals surface area (Å²) in [6.45, 7) is 2.19. The first kappa shape index (κ1) is 15.1. The minimum Gasteiger partial charge on any atom is -0.303 e. The van der Waals surface area contributed by atoms with Gasteiger partial charge in [0.15, 0.2) is 6.20 Å². The van der Waals surface area contributed by atoms with Gasteiger partial charge in [0.25, 0.3) is 0 Å². The molecule has 3 heterocycles. The number of hydrogen-bond donors (Lipinski definition) is 0. The summed E-state index contributed by atoms with van der Waals surface area (Å²) >= 11 is 0. The number of hydrogen-bond acceptors (Lipinski definition) is 1. The van der Waals surface area contributed by atoms with E-state index in [1.54, 1.807) is 0 Å². The summed E-state index contributed by atoms with van der Waals surface area (Å²) in [5.41, 5.74) is 8.90. The fourth-order valence-corrected chi connectivity index (χ4v) is 3.88. The van der Waals surface area contributed by atoms with E-state index in [1.165, 1.54) is 39.2 Å². The number of benzene rings is 2. The highest BCUT2D eigenvalue weighted by Gasteiger charge is 2.23. The molecule has 0 unspecified atom stereocenters. The van der Waals surface area contributed by atoms with Gasteiger partial charge in [0, 0.05) is 36.5 Å². The lowest BCUT2D eigenvalue weighted by molar-refractivity contribution is -0.660. The Balaban J connectivity index is 1.65. The molecule has 0 aliphatic carbocycles. The zero-order valence-corrected chi connectivity index (χ0v) is 15.0. The first-order valence-corrected chi connectivity index (χ1v) is 8.92. The number of nitrogens with zero attached hydrogens (tertiary/aromatic N) is 3. The standard InChI is InChI=1S/C23H20N3/c1-16-12-21-19(15-23-24-9-11-26(21)23)13-20(16)22-14-18(8-10-25(22)2)17-6-4-3-5-7-17/h3-14H,15H2,1-2H3/q+1. The first-order valence-electron chi connectivity index (χ1n) is 8.92. The van der Waals surface area contributed by atoms with Gasteiger partial charge in [-0.2, -0.15) is 0 Å². The number of pyridine rings is 1. The second-order valence-corrected chi connectivity index (χ2v) is 6.96. The van der Waals surface area contributed by atoms with Crippen LogP contribution < -0.4 is 4.57 Å². The van der Waals surface area contributed by atoms with Crippen molar-refractivity contribution in [3.8, 4) is 28.1 Å². The molecule has 0 saturated carbocycles. The van der Waals surface area contributed by atoms with Crippen molar-refractivity contribution in [2.75, 3.05) is 0 Å². The van der Waals surface area contributed by atoms with Crippen LogP contribution in [0.4, 0.5) is 0 Å². The number of rotatable bonds is 2. The maximum absolute atomic E-state index is 4.47. The molecule has 0 N–H and O–H groups in total. The monoisotopic (exact) mass is 338 g/mol. The molecule has 0 fully saturated rings. The summed E-state index contributed by atoms with van der Waals surface area (Å²) in [6.07, 6.45) is 6.98. The molecule has 0 bridgehead atoms. The fraction of sp³-hybridized carbons (Fsp3) is 0.130. The summed E-state index contributed by atoms with van der Waals surface area (Å²) < 4.78 is 4.40. The number of aryl methyl sites for hydroxylation is 2. The third-order valence-corrected chi connectivity index (χ3v) is 5.28. The summed E-state index contributed by atoms with van der Waals surface area (Å²) in [5.74, 6) is 1.12. The topological polar surface area (TPSA) is 21.7 Å². The molecule has 0 radical (unpaired) electrons. The normalized spacial score (nSPS) is 12.1. The van der Waals surface area contributed by atoms with E-state index in [0.717, 1.165) is 12.2 Å². The van der Waals surface area contributed by atoms with E-state index in [4.69, 9.17) is 0 Å². The zero-order chi connectivity index (χ0) is 17.7. The van der Waals surface area contributed by atoms with Crippen molar-refractivity contribution in [3.63, 3.8) is 0 Å². The first-order chi connectivity index (χ1) is 12.7. The zero-order valence-electron chi connectivity index (χ0n) is 15.0. The van der Waals surface area contributed by atoms with Crippen LogP contribution in [0.5, 0.6) is 0 Å². The lowest BCUT2D eigenvalue weighted by Crippen LogP contribution is -2.30. The van der Waals surface area contributed by atoms with Crippen molar-refractivity contribution in [1.29, 1.82) is 0 Å². The van der Waals surface area contributed by atoms with Crippen LogP contribution in [0, 0.1) is 6.92 Å². The second-order valence-electron chi connectivity index (χ2n) is 6.96. The highest BCUT2D eigenvalue weighted by atomic mass is 15.1. The molecule has 5 rings (SSSR count). The predicted molar refractivity (Wildman–Crippen MR) is 103 cm³/mol. The van der Waals surface area contributed by atoms with Gasteiger partial charge in [0.2, 0.25) is 5.69 Å². The van der Waals surface area contributed by atoms with Gasteiger partial charge in [-0.3, -0.25) is 0 Å². The van der Waals surface area contributed by atoms with Gasteiger partial charge in [0.05, 0.1) is 5.69 Å². The van der Waals surface area contributed by atoms with Gasteiger partial charge in [-0.05, 0) is 41.3 Å². The molecule has 4 aromatic rings. The molecule has 0 atom stereocenters. The van der Waals surface area contributed by atoms with E-state index in [-0.39, 0.29) is 0 Å². The third-order valence-electron chi connectivity index (χ3n) is 5.28. The molecule has 2 aromatic heterocycles. The molecule has 0 amide bonds. The molecule has 3 nitrogen and oxygen atoms in total. The van der Waals surface area contributed by atoms with Crippen molar-refractivity contribution < 1.29 is 4.57 Å². The number of imidazole rings is 1. The Morgan fingerprint density at radius 2 is 1.85 bits per heavy atom. The van der Waals surface area contributed by atoms with Crippen molar-refractivity contribution in [2.24, 2.45) is 7.05 Å². The van der Waals surface area contributed by atoms with Crippen LogP contribution >= 0.6 is 0 Å². The Bertz CT molecular complexity index is 1120. The highest BCUT2D eigenvalue weighted by Crippen LogP contribution is 2.33. The van der Waals surface area contributed by atoms with E-state index in [0.29, 0.717) is 0 Å². The van der Waals surface area contributed by atoms with Gasteiger partial charge >= 0.3 is 0 Å². The maximum atomic E-state index is 4.47. The van der Waals surface area contributed by atoms with Crippen molar-refractivity contribution in [2.45, 2.75) is 13.3 Å². The van der Waals surface area contributed by atoms with Crippen molar-refractivity contribution >= 4 is 0 Å². The third kappa shape index (κ3) is 2.28. The Morgan fingerprint density at radius 3 is 2.69 bits per heavy atom. The van der Waals surface area contributed by atoms with Gasteiger partial charge in [-0.15, -0.1) is 0 Å². The molecule has 0 saturated heterocycles. The lowest BCUT2D eigenvalue weighted by Gasteiger charge is -2.10. The van der Waals surface area contributed by atoms with Crippen LogP contribution in [0.25, 0.3) is 28.1 Å². The van der Waals surface area contributed by atoms with E-state index in [1.807, 2.05) is 6.20 Å². The van der Waals surface area contributed by atoms with Crippen LogP contribution in [-0.4, -0.2) is 9.55 Å². The van der Waals surface area contributed by atoms with Gasteiger partial charge in [-0.1, -0.05) is 30.3 Å². The van der Waals surface area contributed by atoms with Crippen LogP contribution in [-0.2, 0) is 13.5 Å². The SMILES string of the molecule is Cc1cc2c(cc1-c1cc(-c3ccccc3)cc[n+]1C)Cc1nccn1-2. The van der Waals surface area contributed by atoms with Crippen LogP contribution in [0.3, 0.4) is 0 Å². The molecule has 3 heteroatoms. The minimum atomic E-state index is 0.900. The molecule has 2 aromatic carbocycles. The smallest absolute Gasteiger partial charge is 0.213 e. The summed E-state index contributed by atoms with van der Waals surface area (Å²) in [4.78, 5) is 4.47. The van der Waals surface area contributed by atoms with E-state index >= 15 is 0 Å². The molecule has 1 aliphatic heterocycles. The highest BCUT2D eigenvalue weighted by molar-refractivity contribution is 5.72. The number of aromatic nitrogens is 3. The maximum Gasteiger partial charge on any atom is 0.213 e. The Kier molecular flexibility index (Phi) is 3.29. The van der Waals surface area contributed by atoms with Crippen LogP contribution in [0.1, 0.15) is 17.0 Å². The van der Waals surface area contributed by atoms with E-state index < -0.39 is 0 Å². The lowest BCUT2D eigenvalue weighted by atomic mass is 9.97. The average Bonchev–Trinajstić information content (AvgIpc) is 3.24. The van der Waals surface area contributed by atoms with Gasteiger partial charge in [-0.25, -0.2) is 9.55 Å². The Hall–Kier alpha value is -3.20. The molecular formula is C23H20N3+. The van der Waals surface area contributed by atoms with Gasteiger partial charge < -0.3 is 4.57 Å². The molecule has 1 aliphatic rings. The molecular weight excluding hydrogens is 318 g/mol. The average molecular weight is 338 g/mol. The molecule has 0 spiro atoms. The van der Waals surface area contributed by atoms with Crippen LogP contribution in [0.15, 0.2) is 73.2 Å². The largest absolute Gasteiger partial charge is 0.303 e. The Labute approximate surface area is 153 Å². The van der Waals surface area contributed by atoms with E-state index in [2.05, 4.69) is 95.1 Å². The fourth-order valence-electron chi connectivity index (χ4n) is 3.88. The molecule has 126 valence electrons. The van der Waals surface area contributed by atoms with Crippen molar-refractivity contribution in [3.05, 3.63) is 90.1 Å². The van der Waals surface area contributed by atoms with Gasteiger partial charge in [0.1, 0.15) is 12.9 Å². The Morgan fingerprint density at radius 1 is 1.00 bits per heavy atom. The van der Waals surface area contributed by atoms with Crippen molar-refractivity contribution in [1.82, 2.24) is 9.55 Å². The summed E-state index contributed by atoms with van der Waals surface area (Å²) in [6, 6.07) is 19.6. The quantitative estimate of drug-likeness (QED) is 0.441. The predicted octanol–water partition coefficient (Wildman–Crippen LogP) is 4.24.